The van der Waals surface area contributed by atoms with Crippen LogP contribution in [0.4, 0.5) is 11.4 Å². The minimum atomic E-state index is -0.500. The lowest BCUT2D eigenvalue weighted by molar-refractivity contribution is -0.115. The lowest BCUT2D eigenvalue weighted by atomic mass is 10.1. The van der Waals surface area contributed by atoms with E-state index < -0.39 is 17.1 Å². The van der Waals surface area contributed by atoms with E-state index in [0.29, 0.717) is 38.3 Å². The van der Waals surface area contributed by atoms with Crippen molar-refractivity contribution < 1.29 is 19.1 Å². The molecular formula is C32H27Cl2N3O4S. The van der Waals surface area contributed by atoms with Gasteiger partial charge in [0.2, 0.25) is 5.91 Å². The standard InChI is InChI=1S/C32H27Cl2N3O4S/c1-20(30(38)36-25-14-17-29(41-2)27(34)19-25)42-26-15-12-24(13-16-26)35-32(40)28(18-21-8-10-23(33)11-9-21)37-31(39)22-6-4-3-5-7-22/h3-20H,1-2H3,(H,35,40)(H,36,38)(H,37,39)/b28-18-. The molecule has 7 nitrogen and oxygen atoms in total. The zero-order valence-corrected chi connectivity index (χ0v) is 25.0. The van der Waals surface area contributed by atoms with E-state index in [-0.39, 0.29) is 11.6 Å². The summed E-state index contributed by atoms with van der Waals surface area (Å²) in [5, 5.41) is 8.93. The summed E-state index contributed by atoms with van der Waals surface area (Å²) in [5.74, 6) is -0.581. The summed E-state index contributed by atoms with van der Waals surface area (Å²) in [6, 6.07) is 27.6. The van der Waals surface area contributed by atoms with E-state index in [1.165, 1.54) is 18.9 Å². The minimum absolute atomic E-state index is 0.0635. The Kier molecular flexibility index (Phi) is 10.7. The number of benzene rings is 4. The van der Waals surface area contributed by atoms with Gasteiger partial charge in [-0.2, -0.15) is 0 Å². The van der Waals surface area contributed by atoms with Gasteiger partial charge in [-0.3, -0.25) is 14.4 Å². The van der Waals surface area contributed by atoms with E-state index in [9.17, 15) is 14.4 Å². The van der Waals surface area contributed by atoms with Crippen LogP contribution in [0, 0.1) is 0 Å². The van der Waals surface area contributed by atoms with Gasteiger partial charge in [0.05, 0.1) is 17.4 Å². The smallest absolute Gasteiger partial charge is 0.272 e. The molecule has 0 spiro atoms. The average Bonchev–Trinajstić information content (AvgIpc) is 2.99. The van der Waals surface area contributed by atoms with E-state index >= 15 is 0 Å². The Labute approximate surface area is 258 Å². The molecule has 0 saturated heterocycles. The third kappa shape index (κ3) is 8.63. The maximum absolute atomic E-state index is 13.2. The van der Waals surface area contributed by atoms with Crippen LogP contribution in [0.3, 0.4) is 0 Å². The monoisotopic (exact) mass is 619 g/mol. The molecule has 3 N–H and O–H groups in total. The Balaban J connectivity index is 1.41. The van der Waals surface area contributed by atoms with Gasteiger partial charge < -0.3 is 20.7 Å². The Bertz CT molecular complexity index is 1590. The van der Waals surface area contributed by atoms with Gasteiger partial charge in [-0.25, -0.2) is 0 Å². The summed E-state index contributed by atoms with van der Waals surface area (Å²) < 4.78 is 5.14. The number of halogens is 2. The van der Waals surface area contributed by atoms with Crippen LogP contribution < -0.4 is 20.7 Å². The van der Waals surface area contributed by atoms with Gasteiger partial charge >= 0.3 is 0 Å². The second-order valence-corrected chi connectivity index (χ2v) is 11.3. The van der Waals surface area contributed by atoms with Crippen molar-refractivity contribution in [2.45, 2.75) is 17.1 Å². The first-order chi connectivity index (χ1) is 20.2. The molecule has 0 bridgehead atoms. The van der Waals surface area contributed by atoms with Gasteiger partial charge in [0.1, 0.15) is 11.4 Å². The van der Waals surface area contributed by atoms with Crippen molar-refractivity contribution in [3.63, 3.8) is 0 Å². The number of ether oxygens (including phenoxy) is 1. The molecule has 4 aromatic rings. The Morgan fingerprint density at radius 3 is 2.14 bits per heavy atom. The second-order valence-electron chi connectivity index (χ2n) is 9.01. The van der Waals surface area contributed by atoms with Crippen LogP contribution in [0.25, 0.3) is 6.08 Å². The molecule has 10 heteroatoms. The first-order valence-electron chi connectivity index (χ1n) is 12.8. The third-order valence-corrected chi connectivity index (χ3v) is 7.58. The molecule has 0 saturated carbocycles. The Morgan fingerprint density at radius 1 is 0.833 bits per heavy atom. The fourth-order valence-electron chi connectivity index (χ4n) is 3.73. The molecule has 214 valence electrons. The largest absolute Gasteiger partial charge is 0.495 e. The summed E-state index contributed by atoms with van der Waals surface area (Å²) in [5.41, 5.74) is 2.26. The van der Waals surface area contributed by atoms with Crippen molar-refractivity contribution >= 4 is 70.1 Å². The summed E-state index contributed by atoms with van der Waals surface area (Å²) >= 11 is 13.5. The summed E-state index contributed by atoms with van der Waals surface area (Å²) in [6.45, 7) is 1.80. The highest BCUT2D eigenvalue weighted by atomic mass is 35.5. The maximum Gasteiger partial charge on any atom is 0.272 e. The first-order valence-corrected chi connectivity index (χ1v) is 14.4. The summed E-state index contributed by atoms with van der Waals surface area (Å²) in [4.78, 5) is 39.6. The molecule has 0 aliphatic rings. The number of carbonyl (C=O) groups excluding carboxylic acids is 3. The van der Waals surface area contributed by atoms with E-state index in [1.807, 2.05) is 0 Å². The first kappa shape index (κ1) is 30.7. The molecule has 0 radical (unpaired) electrons. The maximum atomic E-state index is 13.2. The van der Waals surface area contributed by atoms with Gasteiger partial charge in [-0.1, -0.05) is 53.5 Å². The lowest BCUT2D eigenvalue weighted by Crippen LogP contribution is -2.30. The molecule has 0 aliphatic heterocycles. The van der Waals surface area contributed by atoms with Crippen LogP contribution in [-0.2, 0) is 9.59 Å². The zero-order valence-electron chi connectivity index (χ0n) is 22.7. The topological polar surface area (TPSA) is 96.5 Å². The van der Waals surface area contributed by atoms with Gasteiger partial charge in [-0.05, 0) is 85.3 Å². The average molecular weight is 621 g/mol. The number of anilines is 2. The molecule has 42 heavy (non-hydrogen) atoms. The Morgan fingerprint density at radius 2 is 1.50 bits per heavy atom. The van der Waals surface area contributed by atoms with Gasteiger partial charge in [0.25, 0.3) is 11.8 Å². The molecule has 1 unspecified atom stereocenters. The Hall–Kier alpha value is -4.24. The molecule has 0 heterocycles. The lowest BCUT2D eigenvalue weighted by Gasteiger charge is -2.14. The zero-order chi connectivity index (χ0) is 30.1. The molecule has 0 fully saturated rings. The van der Waals surface area contributed by atoms with Crippen molar-refractivity contribution in [2.75, 3.05) is 17.7 Å². The van der Waals surface area contributed by atoms with Gasteiger partial charge in [0.15, 0.2) is 0 Å². The number of carbonyl (C=O) groups is 3. The van der Waals surface area contributed by atoms with Crippen molar-refractivity contribution in [3.8, 4) is 5.75 Å². The molecule has 4 rings (SSSR count). The third-order valence-electron chi connectivity index (χ3n) is 5.92. The fraction of sp³-hybridized carbons (Fsp3) is 0.0938. The number of amides is 3. The van der Waals surface area contributed by atoms with Crippen molar-refractivity contribution in [1.82, 2.24) is 5.32 Å². The normalized spacial score (nSPS) is 11.8. The number of hydrogen-bond donors (Lipinski definition) is 3. The highest BCUT2D eigenvalue weighted by molar-refractivity contribution is 8.00. The molecule has 0 aromatic heterocycles. The minimum Gasteiger partial charge on any atom is -0.495 e. The van der Waals surface area contributed by atoms with Crippen molar-refractivity contribution in [1.29, 1.82) is 0 Å². The van der Waals surface area contributed by atoms with Crippen molar-refractivity contribution in [2.24, 2.45) is 0 Å². The van der Waals surface area contributed by atoms with Crippen molar-refractivity contribution in [3.05, 3.63) is 124 Å². The molecule has 0 aliphatic carbocycles. The quantitative estimate of drug-likeness (QED) is 0.126. The van der Waals surface area contributed by atoms with Gasteiger partial charge in [-0.15, -0.1) is 11.8 Å². The van der Waals surface area contributed by atoms with E-state index in [2.05, 4.69) is 16.0 Å². The molecule has 4 aromatic carbocycles. The number of nitrogens with one attached hydrogen (secondary N) is 3. The van der Waals surface area contributed by atoms with Crippen LogP contribution >= 0.6 is 35.0 Å². The van der Waals surface area contributed by atoms with E-state index in [1.54, 1.807) is 110 Å². The van der Waals surface area contributed by atoms with Crippen LogP contribution in [0.5, 0.6) is 5.75 Å². The molecular weight excluding hydrogens is 593 g/mol. The van der Waals surface area contributed by atoms with E-state index in [4.69, 9.17) is 27.9 Å². The van der Waals surface area contributed by atoms with Crippen LogP contribution in [-0.4, -0.2) is 30.1 Å². The van der Waals surface area contributed by atoms with E-state index in [0.717, 1.165) is 4.90 Å². The SMILES string of the molecule is COc1ccc(NC(=O)C(C)Sc2ccc(NC(=O)/C(=C/c3ccc(Cl)cc3)NC(=O)c3ccccc3)cc2)cc1Cl. The van der Waals surface area contributed by atoms with Crippen LogP contribution in [0.15, 0.2) is 108 Å². The number of thioether (sulfide) groups is 1. The number of rotatable bonds is 10. The summed E-state index contributed by atoms with van der Waals surface area (Å²) in [6.07, 6.45) is 1.58. The fourth-order valence-corrected chi connectivity index (χ4v) is 4.98. The predicted molar refractivity (Wildman–Crippen MR) is 170 cm³/mol. The molecule has 3 amide bonds. The second kappa shape index (κ2) is 14.6. The van der Waals surface area contributed by atoms with Gasteiger partial charge in [0, 0.05) is 26.9 Å². The number of methoxy groups -OCH3 is 1. The highest BCUT2D eigenvalue weighted by Gasteiger charge is 2.17. The highest BCUT2D eigenvalue weighted by Crippen LogP contribution is 2.29. The summed E-state index contributed by atoms with van der Waals surface area (Å²) in [7, 11) is 1.52. The molecule has 1 atom stereocenters. The van der Waals surface area contributed by atoms with Crippen LogP contribution in [0.2, 0.25) is 10.0 Å². The van der Waals surface area contributed by atoms with Crippen LogP contribution in [0.1, 0.15) is 22.8 Å². The number of hydrogen-bond acceptors (Lipinski definition) is 5. The predicted octanol–water partition coefficient (Wildman–Crippen LogP) is 7.53.